The van der Waals surface area contributed by atoms with Gasteiger partial charge >= 0.3 is 11.9 Å². The highest BCUT2D eigenvalue weighted by Gasteiger charge is 2.05. The zero-order valence-electron chi connectivity index (χ0n) is 23.1. The molecule has 0 unspecified atom stereocenters. The molecule has 2 aromatic carbocycles. The van der Waals surface area contributed by atoms with Gasteiger partial charge < -0.3 is 23.7 Å². The van der Waals surface area contributed by atoms with E-state index in [0.717, 1.165) is 25.7 Å². The van der Waals surface area contributed by atoms with E-state index >= 15 is 0 Å². The first kappa shape index (κ1) is 32.9. The van der Waals surface area contributed by atoms with Crippen LogP contribution in [0.3, 0.4) is 0 Å². The van der Waals surface area contributed by atoms with Crippen molar-refractivity contribution in [2.45, 2.75) is 51.4 Å². The quantitative estimate of drug-likeness (QED) is 0.0801. The van der Waals surface area contributed by atoms with Crippen molar-refractivity contribution in [3.63, 3.8) is 0 Å². The van der Waals surface area contributed by atoms with Crippen molar-refractivity contribution < 1.29 is 42.9 Å². The van der Waals surface area contributed by atoms with Gasteiger partial charge in [-0.1, -0.05) is 0 Å². The zero-order valence-corrected chi connectivity index (χ0v) is 23.1. The maximum atomic E-state index is 11.8. The summed E-state index contributed by atoms with van der Waals surface area (Å²) in [5.74, 6) is 0.824. The molecule has 0 saturated carbocycles. The molecule has 41 heavy (non-hydrogen) atoms. The van der Waals surface area contributed by atoms with Crippen LogP contribution in [0.25, 0.3) is 0 Å². The number of isocyanates is 2. The van der Waals surface area contributed by atoms with Gasteiger partial charge in [-0.3, -0.25) is 9.59 Å². The van der Waals surface area contributed by atoms with Gasteiger partial charge in [0.1, 0.15) is 24.7 Å². The fraction of sp³-hybridized carbons (Fsp3) is 0.467. The van der Waals surface area contributed by atoms with E-state index in [9.17, 15) is 19.2 Å². The van der Waals surface area contributed by atoms with Crippen molar-refractivity contribution in [2.24, 2.45) is 9.98 Å². The number of esters is 2. The first-order valence-electron chi connectivity index (χ1n) is 13.6. The smallest absolute Gasteiger partial charge is 0.305 e. The van der Waals surface area contributed by atoms with Gasteiger partial charge in [0.15, 0.2) is 0 Å². The van der Waals surface area contributed by atoms with Crippen LogP contribution in [-0.4, -0.2) is 63.7 Å². The lowest BCUT2D eigenvalue weighted by atomic mass is 10.2. The minimum absolute atomic E-state index is 0.152. The minimum atomic E-state index is -0.278. The normalized spacial score (nSPS) is 10.1. The Labute approximate surface area is 239 Å². The third-order valence-electron chi connectivity index (χ3n) is 5.59. The second-order valence-electron chi connectivity index (χ2n) is 8.77. The van der Waals surface area contributed by atoms with Crippen LogP contribution in [-0.2, 0) is 33.4 Å². The van der Waals surface area contributed by atoms with E-state index in [2.05, 4.69) is 9.98 Å². The van der Waals surface area contributed by atoms with E-state index in [-0.39, 0.29) is 38.4 Å². The first-order valence-corrected chi connectivity index (χ1v) is 13.6. The molecule has 0 aliphatic heterocycles. The van der Waals surface area contributed by atoms with Gasteiger partial charge in [0.05, 0.1) is 37.8 Å². The number of carbonyl (C=O) groups is 2. The lowest BCUT2D eigenvalue weighted by Crippen LogP contribution is -2.14. The molecule has 0 aliphatic rings. The highest BCUT2D eigenvalue weighted by Crippen LogP contribution is 2.19. The lowest BCUT2D eigenvalue weighted by molar-refractivity contribution is -0.146. The molecule has 0 aromatic heterocycles. The van der Waals surface area contributed by atoms with E-state index < -0.39 is 0 Å². The predicted molar refractivity (Wildman–Crippen MR) is 149 cm³/mol. The number of benzene rings is 2. The van der Waals surface area contributed by atoms with E-state index in [4.69, 9.17) is 23.7 Å². The summed E-state index contributed by atoms with van der Waals surface area (Å²) in [6.45, 7) is 1.83. The van der Waals surface area contributed by atoms with Crippen molar-refractivity contribution in [1.29, 1.82) is 0 Å². The van der Waals surface area contributed by atoms with Crippen molar-refractivity contribution in [1.82, 2.24) is 0 Å². The van der Waals surface area contributed by atoms with Crippen molar-refractivity contribution in [3.8, 4) is 11.5 Å². The number of nitrogens with zero attached hydrogens (tertiary/aromatic N) is 2. The fourth-order valence-electron chi connectivity index (χ4n) is 3.49. The van der Waals surface area contributed by atoms with Gasteiger partial charge in [0.25, 0.3) is 0 Å². The minimum Gasteiger partial charge on any atom is -0.494 e. The average molecular weight is 569 g/mol. The van der Waals surface area contributed by atoms with Gasteiger partial charge in [-0.15, -0.1) is 0 Å². The molecule has 2 aromatic rings. The van der Waals surface area contributed by atoms with Crippen LogP contribution in [0, 0.1) is 0 Å². The van der Waals surface area contributed by atoms with Crippen LogP contribution in [0.5, 0.6) is 11.5 Å². The Hall–Kier alpha value is -4.30. The molecule has 0 spiro atoms. The topological polar surface area (TPSA) is 139 Å². The van der Waals surface area contributed by atoms with Gasteiger partial charge in [0.2, 0.25) is 12.2 Å². The van der Waals surface area contributed by atoms with Crippen LogP contribution in [0.15, 0.2) is 58.5 Å². The number of carbonyl (C=O) groups excluding carboxylic acids is 4. The Morgan fingerprint density at radius 2 is 0.951 bits per heavy atom. The van der Waals surface area contributed by atoms with Gasteiger partial charge in [-0.2, -0.15) is 9.98 Å². The molecule has 0 amide bonds. The number of unbranched alkanes of at least 4 members (excludes halogenated alkanes) is 4. The lowest BCUT2D eigenvalue weighted by Gasteiger charge is -2.08. The molecule has 0 atom stereocenters. The summed E-state index contributed by atoms with van der Waals surface area (Å²) in [6.07, 6.45) is 8.28. The summed E-state index contributed by atoms with van der Waals surface area (Å²) in [5, 5.41) is 0. The molecule has 220 valence electrons. The largest absolute Gasteiger partial charge is 0.494 e. The maximum absolute atomic E-state index is 11.8. The Morgan fingerprint density at radius 3 is 1.34 bits per heavy atom. The van der Waals surface area contributed by atoms with E-state index in [0.29, 0.717) is 61.8 Å². The second kappa shape index (κ2) is 21.5. The Balaban J connectivity index is 1.33. The summed E-state index contributed by atoms with van der Waals surface area (Å²) in [6, 6.07) is 13.6. The molecule has 0 saturated heterocycles. The fourth-order valence-corrected chi connectivity index (χ4v) is 3.49. The third-order valence-corrected chi connectivity index (χ3v) is 5.59. The Bertz CT molecular complexity index is 1030. The van der Waals surface area contributed by atoms with Crippen LogP contribution in [0.4, 0.5) is 11.4 Å². The highest BCUT2D eigenvalue weighted by atomic mass is 16.6. The summed E-state index contributed by atoms with van der Waals surface area (Å²) in [4.78, 5) is 51.1. The summed E-state index contributed by atoms with van der Waals surface area (Å²) < 4.78 is 26.8. The first-order chi connectivity index (χ1) is 20.1. The van der Waals surface area contributed by atoms with Gasteiger partial charge in [-0.25, -0.2) is 9.59 Å². The second-order valence-corrected chi connectivity index (χ2v) is 8.77. The standard InChI is InChI=1S/C30H36N2O9/c33-23-31-25-9-13-27(14-10-25)38-17-5-1-3-7-29(35)40-21-19-37-20-22-41-30(36)8-4-2-6-18-39-28-15-11-26(12-16-28)32-24-34/h9-16H,1-8,17-22H2. The molecule has 0 N–H and O–H groups in total. The van der Waals surface area contributed by atoms with Crippen LogP contribution in [0.1, 0.15) is 51.4 Å². The van der Waals surface area contributed by atoms with E-state index in [1.165, 1.54) is 12.2 Å². The number of hydrogen-bond donors (Lipinski definition) is 0. The molecule has 2 rings (SSSR count). The molecule has 11 heteroatoms. The maximum Gasteiger partial charge on any atom is 0.305 e. The summed E-state index contributed by atoms with van der Waals surface area (Å²) in [7, 11) is 0. The van der Waals surface area contributed by atoms with E-state index in [1.54, 1.807) is 48.5 Å². The van der Waals surface area contributed by atoms with Crippen molar-refractivity contribution >= 4 is 35.5 Å². The zero-order chi connectivity index (χ0) is 29.4. The van der Waals surface area contributed by atoms with Crippen LogP contribution >= 0.6 is 0 Å². The number of rotatable bonds is 22. The molecule has 0 heterocycles. The number of hydrogen-bond acceptors (Lipinski definition) is 11. The van der Waals surface area contributed by atoms with Gasteiger partial charge in [0, 0.05) is 12.8 Å². The Kier molecular flexibility index (Phi) is 17.3. The average Bonchev–Trinajstić information content (AvgIpc) is 2.98. The highest BCUT2D eigenvalue weighted by molar-refractivity contribution is 5.69. The third kappa shape index (κ3) is 16.4. The molecular weight excluding hydrogens is 532 g/mol. The SMILES string of the molecule is O=C=Nc1ccc(OCCCCCC(=O)OCCOCCOC(=O)CCCCCOc2ccc(N=C=O)cc2)cc1. The Morgan fingerprint density at radius 1 is 0.537 bits per heavy atom. The summed E-state index contributed by atoms with van der Waals surface area (Å²) in [5.41, 5.74) is 1.05. The number of ether oxygens (including phenoxy) is 5. The van der Waals surface area contributed by atoms with E-state index in [1.807, 2.05) is 0 Å². The summed E-state index contributed by atoms with van der Waals surface area (Å²) >= 11 is 0. The molecular formula is C30H36N2O9. The van der Waals surface area contributed by atoms with Crippen molar-refractivity contribution in [2.75, 3.05) is 39.6 Å². The molecule has 0 fully saturated rings. The number of aliphatic imine (C=N–C) groups is 2. The van der Waals surface area contributed by atoms with Crippen LogP contribution < -0.4 is 9.47 Å². The monoisotopic (exact) mass is 568 g/mol. The molecule has 0 aliphatic carbocycles. The van der Waals surface area contributed by atoms with Crippen LogP contribution in [0.2, 0.25) is 0 Å². The molecule has 11 nitrogen and oxygen atoms in total. The van der Waals surface area contributed by atoms with Gasteiger partial charge in [-0.05, 0) is 87.1 Å². The molecule has 0 radical (unpaired) electrons. The predicted octanol–water partition coefficient (Wildman–Crippen LogP) is 5.30. The van der Waals surface area contributed by atoms with Crippen molar-refractivity contribution in [3.05, 3.63) is 48.5 Å². The molecule has 0 bridgehead atoms.